The molecule has 2 amide bonds. The Morgan fingerprint density at radius 3 is 2.26 bits per heavy atom. The van der Waals surface area contributed by atoms with E-state index in [0.29, 0.717) is 28.0 Å². The van der Waals surface area contributed by atoms with E-state index in [4.69, 9.17) is 9.47 Å². The van der Waals surface area contributed by atoms with Gasteiger partial charge in [0.25, 0.3) is 5.91 Å². The van der Waals surface area contributed by atoms with Crippen LogP contribution in [-0.4, -0.2) is 49.9 Å². The molecule has 4 N–H and O–H groups in total. The van der Waals surface area contributed by atoms with Crippen molar-refractivity contribution in [2.45, 2.75) is 38.8 Å². The minimum Gasteiger partial charge on any atom is -0.483 e. The first kappa shape index (κ1) is 29.7. The van der Waals surface area contributed by atoms with Crippen molar-refractivity contribution in [2.24, 2.45) is 0 Å². The van der Waals surface area contributed by atoms with E-state index in [9.17, 15) is 28.1 Å². The van der Waals surface area contributed by atoms with Gasteiger partial charge in [0.2, 0.25) is 0 Å². The molecule has 206 valence electrons. The van der Waals surface area contributed by atoms with E-state index in [-0.39, 0.29) is 36.0 Å². The molecule has 39 heavy (non-hydrogen) atoms. The number of aryl methyl sites for hydroxylation is 2. The third-order valence-electron chi connectivity index (χ3n) is 5.82. The molecule has 0 radical (unpaired) electrons. The third kappa shape index (κ3) is 8.31. The van der Waals surface area contributed by atoms with Crippen LogP contribution in [0, 0.1) is 13.8 Å². The van der Waals surface area contributed by atoms with E-state index in [0.717, 1.165) is 5.56 Å². The van der Waals surface area contributed by atoms with Gasteiger partial charge in [-0.15, -0.1) is 0 Å². The van der Waals surface area contributed by atoms with Crippen LogP contribution in [-0.2, 0) is 32.5 Å². The van der Waals surface area contributed by atoms with Crippen molar-refractivity contribution in [1.29, 1.82) is 0 Å². The van der Waals surface area contributed by atoms with Crippen molar-refractivity contribution in [3.63, 3.8) is 0 Å². The largest absolute Gasteiger partial charge is 0.488 e. The van der Waals surface area contributed by atoms with Crippen LogP contribution in [0.15, 0.2) is 65.6 Å². The van der Waals surface area contributed by atoms with Crippen molar-refractivity contribution in [2.75, 3.05) is 17.7 Å². The SMILES string of the molecule is CCS(=O)(=O)c1ccc(NC(=O)COc2c(C)cc(B(O)O)cc2C)cc1CNC(=O)OCc1ccccc1. The number of amides is 2. The highest BCUT2D eigenvalue weighted by molar-refractivity contribution is 7.91. The van der Waals surface area contributed by atoms with Gasteiger partial charge in [0, 0.05) is 12.2 Å². The van der Waals surface area contributed by atoms with Gasteiger partial charge in [-0.25, -0.2) is 13.2 Å². The van der Waals surface area contributed by atoms with Crippen LogP contribution in [0.25, 0.3) is 0 Å². The summed E-state index contributed by atoms with van der Waals surface area (Å²) in [5, 5.41) is 24.0. The maximum atomic E-state index is 12.6. The fourth-order valence-electron chi connectivity index (χ4n) is 3.89. The van der Waals surface area contributed by atoms with E-state index in [2.05, 4.69) is 10.6 Å². The molecule has 10 nitrogen and oxygen atoms in total. The lowest BCUT2D eigenvalue weighted by atomic mass is 9.78. The van der Waals surface area contributed by atoms with E-state index >= 15 is 0 Å². The van der Waals surface area contributed by atoms with Gasteiger partial charge in [-0.1, -0.05) is 49.4 Å². The van der Waals surface area contributed by atoms with E-state index < -0.39 is 29.0 Å². The average Bonchev–Trinajstić information content (AvgIpc) is 2.90. The number of nitrogens with one attached hydrogen (secondary N) is 2. The quantitative estimate of drug-likeness (QED) is 0.264. The van der Waals surface area contributed by atoms with E-state index in [1.165, 1.54) is 25.1 Å². The summed E-state index contributed by atoms with van der Waals surface area (Å²) in [5.41, 5.74) is 2.99. The second kappa shape index (κ2) is 13.3. The number of carbonyl (C=O) groups is 2. The van der Waals surface area contributed by atoms with Crippen LogP contribution in [0.5, 0.6) is 5.75 Å². The van der Waals surface area contributed by atoms with Gasteiger partial charge in [-0.2, -0.15) is 0 Å². The Bertz CT molecular complexity index is 1410. The number of ether oxygens (including phenoxy) is 2. The summed E-state index contributed by atoms with van der Waals surface area (Å²) in [4.78, 5) is 24.9. The van der Waals surface area contributed by atoms with Gasteiger partial charge < -0.3 is 30.2 Å². The molecule has 0 atom stereocenters. The summed E-state index contributed by atoms with van der Waals surface area (Å²) < 4.78 is 36.1. The molecule has 0 bridgehead atoms. The number of carbonyl (C=O) groups excluding carboxylic acids is 2. The average molecular weight is 554 g/mol. The molecule has 12 heteroatoms. The second-order valence-corrected chi connectivity index (χ2v) is 11.1. The molecule has 0 aliphatic carbocycles. The smallest absolute Gasteiger partial charge is 0.483 e. The van der Waals surface area contributed by atoms with Gasteiger partial charge >= 0.3 is 13.2 Å². The van der Waals surface area contributed by atoms with Crippen molar-refractivity contribution in [1.82, 2.24) is 5.32 Å². The molecule has 0 heterocycles. The summed E-state index contributed by atoms with van der Waals surface area (Å²) in [7, 11) is -5.22. The lowest BCUT2D eigenvalue weighted by molar-refractivity contribution is -0.118. The summed E-state index contributed by atoms with van der Waals surface area (Å²) in [6.07, 6.45) is -0.716. The molecule has 0 unspecified atom stereocenters. The third-order valence-corrected chi connectivity index (χ3v) is 7.65. The van der Waals surface area contributed by atoms with Crippen LogP contribution in [0.4, 0.5) is 10.5 Å². The molecule has 3 rings (SSSR count). The highest BCUT2D eigenvalue weighted by Crippen LogP contribution is 2.23. The minimum absolute atomic E-state index is 0.0417. The van der Waals surface area contributed by atoms with Gasteiger partial charge in [-0.05, 0) is 59.8 Å². The fraction of sp³-hybridized carbons (Fsp3) is 0.259. The van der Waals surface area contributed by atoms with Crippen LogP contribution >= 0.6 is 0 Å². The Morgan fingerprint density at radius 1 is 0.974 bits per heavy atom. The Hall–Kier alpha value is -3.87. The molecule has 0 aliphatic rings. The van der Waals surface area contributed by atoms with Gasteiger partial charge in [0.15, 0.2) is 16.4 Å². The van der Waals surface area contributed by atoms with Crippen molar-refractivity contribution in [3.05, 3.63) is 82.9 Å². The van der Waals surface area contributed by atoms with Gasteiger partial charge in [0.1, 0.15) is 12.4 Å². The van der Waals surface area contributed by atoms with E-state index in [1.807, 2.05) is 30.3 Å². The van der Waals surface area contributed by atoms with Crippen molar-refractivity contribution in [3.8, 4) is 5.75 Å². The van der Waals surface area contributed by atoms with Gasteiger partial charge in [-0.3, -0.25) is 4.79 Å². The standard InChI is InChI=1S/C27H31BN2O8S/c1-4-39(35,36)24-11-10-23(14-21(24)15-29-27(32)38-16-20-8-6-5-7-9-20)30-25(31)17-37-26-18(2)12-22(28(33)34)13-19(26)3/h5-14,33-34H,4,15-17H2,1-3H3,(H,29,32)(H,30,31). The van der Waals surface area contributed by atoms with E-state index in [1.54, 1.807) is 26.0 Å². The molecular formula is C27H31BN2O8S. The molecule has 3 aromatic carbocycles. The Balaban J connectivity index is 1.67. The molecular weight excluding hydrogens is 523 g/mol. The summed E-state index contributed by atoms with van der Waals surface area (Å²) in [6.45, 7) is 4.56. The topological polar surface area (TPSA) is 151 Å². The molecule has 0 saturated carbocycles. The van der Waals surface area contributed by atoms with Crippen LogP contribution < -0.4 is 20.8 Å². The maximum absolute atomic E-state index is 12.6. The highest BCUT2D eigenvalue weighted by atomic mass is 32.2. The number of alkyl carbamates (subject to hydrolysis) is 1. The second-order valence-electron chi connectivity index (χ2n) is 8.84. The molecule has 0 saturated heterocycles. The molecule has 0 aliphatic heterocycles. The van der Waals surface area contributed by atoms with Crippen molar-refractivity contribution < 1.29 is 37.5 Å². The predicted octanol–water partition coefficient (Wildman–Crippen LogP) is 2.22. The lowest BCUT2D eigenvalue weighted by Crippen LogP contribution is -2.30. The number of hydrogen-bond donors (Lipinski definition) is 4. The highest BCUT2D eigenvalue weighted by Gasteiger charge is 2.19. The number of anilines is 1. The Morgan fingerprint density at radius 2 is 1.64 bits per heavy atom. The predicted molar refractivity (Wildman–Crippen MR) is 148 cm³/mol. The first-order valence-electron chi connectivity index (χ1n) is 12.2. The van der Waals surface area contributed by atoms with Crippen LogP contribution in [0.1, 0.15) is 29.2 Å². The molecule has 0 aromatic heterocycles. The van der Waals surface area contributed by atoms with Gasteiger partial charge in [0.05, 0.1) is 10.6 Å². The number of hydrogen-bond acceptors (Lipinski definition) is 8. The minimum atomic E-state index is -3.61. The molecule has 0 fully saturated rings. The zero-order valence-corrected chi connectivity index (χ0v) is 22.7. The number of sulfone groups is 1. The summed E-state index contributed by atoms with van der Waals surface area (Å²) in [6, 6.07) is 16.6. The Labute approximate surface area is 228 Å². The summed E-state index contributed by atoms with van der Waals surface area (Å²) >= 11 is 0. The summed E-state index contributed by atoms with van der Waals surface area (Å²) in [5.74, 6) is -0.187. The lowest BCUT2D eigenvalue weighted by Gasteiger charge is -2.15. The molecule has 3 aromatic rings. The fourth-order valence-corrected chi connectivity index (χ4v) is 5.01. The van der Waals surface area contributed by atoms with Crippen molar-refractivity contribution >= 4 is 40.1 Å². The number of benzene rings is 3. The maximum Gasteiger partial charge on any atom is 0.488 e. The van der Waals surface area contributed by atoms with Crippen LogP contribution in [0.3, 0.4) is 0 Å². The first-order chi connectivity index (χ1) is 18.5. The zero-order chi connectivity index (χ0) is 28.6. The normalized spacial score (nSPS) is 11.0. The molecule has 0 spiro atoms. The van der Waals surface area contributed by atoms with Crippen LogP contribution in [0.2, 0.25) is 0 Å². The number of rotatable bonds is 11. The zero-order valence-electron chi connectivity index (χ0n) is 21.9. The first-order valence-corrected chi connectivity index (χ1v) is 13.9. The Kier molecular flexibility index (Phi) is 10.1. The monoisotopic (exact) mass is 554 g/mol.